The molecule has 0 heterocycles. The third-order valence-electron chi connectivity index (χ3n) is 4.12. The first kappa shape index (κ1) is 16.5. The largest absolute Gasteiger partial charge is 0.480 e. The number of hydrogen-bond acceptors (Lipinski definition) is 3. The maximum atomic E-state index is 11.4. The van der Waals surface area contributed by atoms with Crippen molar-refractivity contribution in [1.29, 1.82) is 0 Å². The summed E-state index contributed by atoms with van der Waals surface area (Å²) in [5.41, 5.74) is 5.07. The normalized spacial score (nSPS) is 25.9. The molecule has 1 rings (SSSR count). The summed E-state index contributed by atoms with van der Waals surface area (Å²) in [6.45, 7) is 5.32. The number of carbonyl (C=O) groups is 1. The van der Waals surface area contributed by atoms with E-state index in [1.54, 1.807) is 0 Å². The topological polar surface area (TPSA) is 75.4 Å². The number of unbranched alkanes of at least 4 members (excludes halogenated alkanes) is 1. The summed E-state index contributed by atoms with van der Waals surface area (Å²) < 4.78 is 0. The maximum Gasteiger partial charge on any atom is 0.323 e. The van der Waals surface area contributed by atoms with Crippen molar-refractivity contribution in [3.8, 4) is 0 Å². The average Bonchev–Trinajstić information content (AvgIpc) is 2.26. The third kappa shape index (κ3) is 4.50. The van der Waals surface area contributed by atoms with Gasteiger partial charge in [0, 0.05) is 6.04 Å². The van der Waals surface area contributed by atoms with Crippen LogP contribution in [0.25, 0.3) is 0 Å². The molecule has 5 heteroatoms. The summed E-state index contributed by atoms with van der Waals surface area (Å²) in [4.78, 5) is 11.4. The summed E-state index contributed by atoms with van der Waals surface area (Å²) in [5, 5.41) is 12.9. The Labute approximate surface area is 117 Å². The van der Waals surface area contributed by atoms with Gasteiger partial charge < -0.3 is 16.2 Å². The second-order valence-electron chi connectivity index (χ2n) is 6.26. The fourth-order valence-corrected chi connectivity index (χ4v) is 2.66. The van der Waals surface area contributed by atoms with Gasteiger partial charge in [0.1, 0.15) is 5.54 Å². The van der Waals surface area contributed by atoms with E-state index in [1.165, 1.54) is 0 Å². The Morgan fingerprint density at radius 2 is 2.11 bits per heavy atom. The highest BCUT2D eigenvalue weighted by Gasteiger charge is 2.47. The second-order valence-corrected chi connectivity index (χ2v) is 6.26. The van der Waals surface area contributed by atoms with Gasteiger partial charge >= 0.3 is 5.97 Å². The fourth-order valence-electron chi connectivity index (χ4n) is 2.66. The van der Waals surface area contributed by atoms with Crippen molar-refractivity contribution in [3.63, 3.8) is 0 Å². The predicted molar refractivity (Wildman–Crippen MR) is 78.3 cm³/mol. The number of carboxylic acids is 1. The van der Waals surface area contributed by atoms with Gasteiger partial charge in [0.2, 0.25) is 0 Å². The highest BCUT2D eigenvalue weighted by Crippen LogP contribution is 2.38. The van der Waals surface area contributed by atoms with Crippen LogP contribution in [0.5, 0.6) is 0 Å². The lowest BCUT2D eigenvalue weighted by Crippen LogP contribution is -2.61. The van der Waals surface area contributed by atoms with E-state index in [2.05, 4.69) is 19.2 Å². The minimum atomic E-state index is -1.06. The number of nitrogens with one attached hydrogen (secondary N) is 1. The van der Waals surface area contributed by atoms with Crippen molar-refractivity contribution in [2.24, 2.45) is 17.6 Å². The van der Waals surface area contributed by atoms with Crippen molar-refractivity contribution in [2.45, 2.75) is 63.9 Å². The summed E-state index contributed by atoms with van der Waals surface area (Å²) in [7, 11) is 5.45. The zero-order chi connectivity index (χ0) is 14.5. The fraction of sp³-hybridized carbons (Fsp3) is 0.929. The molecule has 0 amide bonds. The van der Waals surface area contributed by atoms with E-state index >= 15 is 0 Å². The molecular formula is C14H27BN2O2. The van der Waals surface area contributed by atoms with E-state index in [1.807, 2.05) is 0 Å². The van der Waals surface area contributed by atoms with Crippen LogP contribution in [-0.2, 0) is 4.79 Å². The Bertz CT molecular complexity index is 293. The first-order valence-corrected chi connectivity index (χ1v) is 7.36. The second kappa shape index (κ2) is 7.29. The van der Waals surface area contributed by atoms with Gasteiger partial charge in [0.05, 0.1) is 7.85 Å². The van der Waals surface area contributed by atoms with Crippen LogP contribution in [-0.4, -0.2) is 37.0 Å². The number of carboxylic acid groups (broad SMARTS) is 1. The van der Waals surface area contributed by atoms with Gasteiger partial charge in [-0.3, -0.25) is 4.79 Å². The standard InChI is InChI=1S/C14H27BN2O2/c1-10(2)9-17-12-7-11(8-12)14(16,13(18)19)5-3-4-6-15/h10-12,17H,3-9,16H2,1-2H3,(H,18,19). The number of rotatable bonds is 9. The van der Waals surface area contributed by atoms with E-state index in [0.29, 0.717) is 24.7 Å². The summed E-state index contributed by atoms with van der Waals surface area (Å²) in [6.07, 6.45) is 4.50. The monoisotopic (exact) mass is 266 g/mol. The van der Waals surface area contributed by atoms with Crippen LogP contribution in [0.1, 0.15) is 46.0 Å². The lowest BCUT2D eigenvalue weighted by Gasteiger charge is -2.45. The highest BCUT2D eigenvalue weighted by molar-refractivity contribution is 6.08. The van der Waals surface area contributed by atoms with E-state index in [-0.39, 0.29) is 5.92 Å². The highest BCUT2D eigenvalue weighted by atomic mass is 16.4. The maximum absolute atomic E-state index is 11.4. The molecule has 0 spiro atoms. The summed E-state index contributed by atoms with van der Waals surface area (Å²) in [5.74, 6) is -0.157. The van der Waals surface area contributed by atoms with Crippen LogP contribution in [0.3, 0.4) is 0 Å². The Morgan fingerprint density at radius 3 is 2.58 bits per heavy atom. The molecule has 1 fully saturated rings. The van der Waals surface area contributed by atoms with Crippen molar-refractivity contribution in [3.05, 3.63) is 0 Å². The predicted octanol–water partition coefficient (Wildman–Crippen LogP) is 1.55. The van der Waals surface area contributed by atoms with Gasteiger partial charge in [-0.2, -0.15) is 0 Å². The summed E-state index contributed by atoms with van der Waals surface area (Å²) >= 11 is 0. The number of hydrogen-bond donors (Lipinski definition) is 3. The van der Waals surface area contributed by atoms with Gasteiger partial charge in [0.25, 0.3) is 0 Å². The van der Waals surface area contributed by atoms with Crippen molar-refractivity contribution < 1.29 is 9.90 Å². The van der Waals surface area contributed by atoms with Crippen molar-refractivity contribution in [1.82, 2.24) is 5.32 Å². The molecule has 2 radical (unpaired) electrons. The molecule has 1 aliphatic rings. The first-order chi connectivity index (χ1) is 8.90. The van der Waals surface area contributed by atoms with Gasteiger partial charge in [-0.1, -0.05) is 33.0 Å². The SMILES string of the molecule is [B]CCCCC(N)(C(=O)O)C1CC(NCC(C)C)C1. The Hall–Kier alpha value is -0.545. The molecule has 1 saturated carbocycles. The molecule has 1 aliphatic carbocycles. The van der Waals surface area contributed by atoms with Crippen LogP contribution in [0.2, 0.25) is 6.32 Å². The third-order valence-corrected chi connectivity index (χ3v) is 4.12. The average molecular weight is 266 g/mol. The molecule has 19 heavy (non-hydrogen) atoms. The molecule has 0 saturated heterocycles. The molecule has 4 nitrogen and oxygen atoms in total. The van der Waals surface area contributed by atoms with Gasteiger partial charge in [-0.25, -0.2) is 0 Å². The smallest absolute Gasteiger partial charge is 0.323 e. The molecule has 1 atom stereocenters. The molecule has 0 aromatic carbocycles. The first-order valence-electron chi connectivity index (χ1n) is 7.36. The number of aliphatic carboxylic acids is 1. The van der Waals surface area contributed by atoms with Crippen molar-refractivity contribution >= 4 is 13.8 Å². The van der Waals surface area contributed by atoms with E-state index in [4.69, 9.17) is 13.6 Å². The Balaban J connectivity index is 2.40. The lowest BCUT2D eigenvalue weighted by atomic mass is 9.66. The van der Waals surface area contributed by atoms with Gasteiger partial charge in [-0.05, 0) is 37.6 Å². The van der Waals surface area contributed by atoms with Crippen LogP contribution in [0.4, 0.5) is 0 Å². The Kier molecular flexibility index (Phi) is 6.34. The molecule has 108 valence electrons. The van der Waals surface area contributed by atoms with E-state index in [0.717, 1.165) is 32.2 Å². The molecule has 0 bridgehead atoms. The molecule has 0 aromatic heterocycles. The van der Waals surface area contributed by atoms with Crippen LogP contribution in [0, 0.1) is 11.8 Å². The minimum Gasteiger partial charge on any atom is -0.480 e. The van der Waals surface area contributed by atoms with E-state index in [9.17, 15) is 9.90 Å². The number of nitrogens with two attached hydrogens (primary N) is 1. The van der Waals surface area contributed by atoms with Gasteiger partial charge in [0.15, 0.2) is 0 Å². The van der Waals surface area contributed by atoms with Crippen molar-refractivity contribution in [2.75, 3.05) is 6.54 Å². The quantitative estimate of drug-likeness (QED) is 0.437. The van der Waals surface area contributed by atoms with E-state index < -0.39 is 11.5 Å². The van der Waals surface area contributed by atoms with Gasteiger partial charge in [-0.15, -0.1) is 0 Å². The molecular weight excluding hydrogens is 239 g/mol. The van der Waals surface area contributed by atoms with Crippen LogP contribution < -0.4 is 11.1 Å². The molecule has 1 unspecified atom stereocenters. The zero-order valence-electron chi connectivity index (χ0n) is 12.2. The Morgan fingerprint density at radius 1 is 1.47 bits per heavy atom. The lowest BCUT2D eigenvalue weighted by molar-refractivity contribution is -0.148. The zero-order valence-corrected chi connectivity index (χ0v) is 12.2. The van der Waals surface area contributed by atoms with Crippen LogP contribution in [0.15, 0.2) is 0 Å². The summed E-state index contributed by atoms with van der Waals surface area (Å²) in [6, 6.07) is 0.434. The van der Waals surface area contributed by atoms with Crippen LogP contribution >= 0.6 is 0 Å². The minimum absolute atomic E-state index is 0.0902. The molecule has 0 aromatic rings. The molecule has 4 N–H and O–H groups in total. The molecule has 0 aliphatic heterocycles.